The lowest BCUT2D eigenvalue weighted by atomic mass is 9.99. The largest absolute Gasteiger partial charge is 0.307 e. The third-order valence-electron chi connectivity index (χ3n) is 8.56. The predicted octanol–water partition coefficient (Wildman–Crippen LogP) is 8.66. The van der Waals surface area contributed by atoms with Gasteiger partial charge in [-0.05, 0) is 59.7 Å². The van der Waals surface area contributed by atoms with E-state index in [0.29, 0.717) is 33.6 Å². The van der Waals surface area contributed by atoms with Crippen molar-refractivity contribution in [3.63, 3.8) is 0 Å². The topological polar surface area (TPSA) is 89.9 Å². The van der Waals surface area contributed by atoms with Crippen LogP contribution in [0.3, 0.4) is 0 Å². The Balaban J connectivity index is 1.52. The number of fused-ring (bicyclic) bond motifs is 4. The summed E-state index contributed by atoms with van der Waals surface area (Å²) in [7, 11) is 0. The number of imide groups is 1. The van der Waals surface area contributed by atoms with Crippen LogP contribution in [0.1, 0.15) is 31.8 Å². The summed E-state index contributed by atoms with van der Waals surface area (Å²) >= 11 is 0. The summed E-state index contributed by atoms with van der Waals surface area (Å²) in [6.45, 7) is 0. The van der Waals surface area contributed by atoms with Crippen LogP contribution in [0.4, 0.5) is 5.69 Å². The molecule has 0 saturated carbocycles. The number of nitriles is 2. The Bertz CT molecular complexity index is 2380. The summed E-state index contributed by atoms with van der Waals surface area (Å²) in [5, 5.41) is 21.3. The van der Waals surface area contributed by atoms with Crippen molar-refractivity contribution >= 4 is 39.3 Å². The molecule has 0 radical (unpaired) electrons. The van der Waals surface area contributed by atoms with E-state index in [9.17, 15) is 20.1 Å². The first-order valence-corrected chi connectivity index (χ1v) is 14.7. The lowest BCUT2D eigenvalue weighted by Gasteiger charge is -2.17. The molecule has 8 rings (SSSR count). The molecule has 6 aromatic carbocycles. The molecule has 0 spiro atoms. The number of para-hydroxylation sites is 3. The molecule has 1 aliphatic heterocycles. The second-order valence-electron chi connectivity index (χ2n) is 11.1. The number of anilines is 1. The summed E-state index contributed by atoms with van der Waals surface area (Å²) in [5.41, 5.74) is 7.90. The van der Waals surface area contributed by atoms with E-state index < -0.39 is 5.91 Å². The van der Waals surface area contributed by atoms with Crippen molar-refractivity contribution in [3.05, 3.63) is 156 Å². The van der Waals surface area contributed by atoms with E-state index in [-0.39, 0.29) is 5.91 Å². The number of nitrogens with zero attached hydrogens (tertiary/aromatic N) is 4. The lowest BCUT2D eigenvalue weighted by Crippen LogP contribution is -2.29. The van der Waals surface area contributed by atoms with Crippen molar-refractivity contribution < 1.29 is 9.59 Å². The van der Waals surface area contributed by atoms with Crippen molar-refractivity contribution in [3.8, 4) is 40.1 Å². The van der Waals surface area contributed by atoms with Crippen LogP contribution in [0.15, 0.2) is 133 Å². The molecule has 6 heteroatoms. The zero-order chi connectivity index (χ0) is 31.4. The summed E-state index contributed by atoms with van der Waals surface area (Å²) in [6, 6.07) is 45.8. The molecule has 0 fully saturated rings. The number of rotatable bonds is 4. The first-order valence-electron chi connectivity index (χ1n) is 14.7. The van der Waals surface area contributed by atoms with E-state index >= 15 is 0 Å². The zero-order valence-corrected chi connectivity index (χ0v) is 24.3. The Hall–Kier alpha value is -6.76. The number of benzene rings is 6. The van der Waals surface area contributed by atoms with Gasteiger partial charge in [-0.2, -0.15) is 10.5 Å². The molecular formula is C40H22N4O2. The van der Waals surface area contributed by atoms with E-state index in [1.54, 1.807) is 42.5 Å². The molecule has 46 heavy (non-hydrogen) atoms. The van der Waals surface area contributed by atoms with Crippen LogP contribution in [0, 0.1) is 22.7 Å². The van der Waals surface area contributed by atoms with E-state index in [4.69, 9.17) is 0 Å². The van der Waals surface area contributed by atoms with Gasteiger partial charge >= 0.3 is 0 Å². The van der Waals surface area contributed by atoms with Crippen LogP contribution < -0.4 is 4.90 Å². The van der Waals surface area contributed by atoms with Gasteiger partial charge in [-0.3, -0.25) is 9.59 Å². The number of hydrogen-bond donors (Lipinski definition) is 0. The van der Waals surface area contributed by atoms with Crippen LogP contribution in [-0.2, 0) is 0 Å². The highest BCUT2D eigenvalue weighted by atomic mass is 16.2. The van der Waals surface area contributed by atoms with Gasteiger partial charge in [0.25, 0.3) is 11.8 Å². The number of carbonyl (C=O) groups excluding carboxylic acids is 2. The molecule has 0 unspecified atom stereocenters. The van der Waals surface area contributed by atoms with Crippen LogP contribution in [0.5, 0.6) is 0 Å². The quantitative estimate of drug-likeness (QED) is 0.192. The maximum atomic E-state index is 14.3. The van der Waals surface area contributed by atoms with Gasteiger partial charge in [0.2, 0.25) is 0 Å². The van der Waals surface area contributed by atoms with Crippen LogP contribution in [0.25, 0.3) is 49.7 Å². The first kappa shape index (κ1) is 26.8. The second kappa shape index (κ2) is 10.4. The molecule has 6 nitrogen and oxygen atoms in total. The molecule has 2 amide bonds. The molecule has 0 atom stereocenters. The number of aromatic nitrogens is 1. The average molecular weight is 591 g/mol. The van der Waals surface area contributed by atoms with Gasteiger partial charge in [0.1, 0.15) is 0 Å². The van der Waals surface area contributed by atoms with Crippen molar-refractivity contribution in [2.45, 2.75) is 0 Å². The summed E-state index contributed by atoms with van der Waals surface area (Å²) in [5.74, 6) is -0.776. The Morgan fingerprint density at radius 1 is 0.500 bits per heavy atom. The summed E-state index contributed by atoms with van der Waals surface area (Å²) in [6.07, 6.45) is 0. The van der Waals surface area contributed by atoms with Crippen molar-refractivity contribution in [1.82, 2.24) is 4.57 Å². The van der Waals surface area contributed by atoms with Crippen LogP contribution in [0.2, 0.25) is 0 Å². The predicted molar refractivity (Wildman–Crippen MR) is 179 cm³/mol. The van der Waals surface area contributed by atoms with Gasteiger partial charge in [0.15, 0.2) is 0 Å². The monoisotopic (exact) mass is 590 g/mol. The molecule has 214 valence electrons. The van der Waals surface area contributed by atoms with Crippen LogP contribution >= 0.6 is 0 Å². The molecule has 0 N–H and O–H groups in total. The molecule has 7 aromatic rings. The van der Waals surface area contributed by atoms with Crippen molar-refractivity contribution in [1.29, 1.82) is 10.5 Å². The van der Waals surface area contributed by atoms with Gasteiger partial charge in [0.05, 0.1) is 56.8 Å². The van der Waals surface area contributed by atoms with Gasteiger partial charge < -0.3 is 4.57 Å². The highest BCUT2D eigenvalue weighted by molar-refractivity contribution is 6.36. The minimum atomic E-state index is -0.398. The minimum absolute atomic E-state index is 0.316. The maximum Gasteiger partial charge on any atom is 0.268 e. The third-order valence-corrected chi connectivity index (χ3v) is 8.56. The SMILES string of the molecule is N#Cc1cccc(-c2cccc3c4cccc(-c5cccc(C#N)c5)c4n(-c4cccc5c4C(=O)N(c4ccccc4)C5=O)c23)c1. The first-order chi connectivity index (χ1) is 22.6. The van der Waals surface area contributed by atoms with Gasteiger partial charge in [-0.1, -0.05) is 84.9 Å². The Kier molecular flexibility index (Phi) is 6.10. The summed E-state index contributed by atoms with van der Waals surface area (Å²) in [4.78, 5) is 29.3. The van der Waals surface area contributed by atoms with E-state index in [1.165, 1.54) is 4.90 Å². The fourth-order valence-electron chi connectivity index (χ4n) is 6.60. The average Bonchev–Trinajstić information content (AvgIpc) is 3.59. The normalized spacial score (nSPS) is 12.3. The smallest absolute Gasteiger partial charge is 0.268 e. The highest BCUT2D eigenvalue weighted by Crippen LogP contribution is 2.44. The molecule has 0 aliphatic carbocycles. The fourth-order valence-corrected chi connectivity index (χ4v) is 6.60. The molecule has 2 heterocycles. The molecule has 1 aromatic heterocycles. The molecular weight excluding hydrogens is 568 g/mol. The number of hydrogen-bond acceptors (Lipinski definition) is 4. The van der Waals surface area contributed by atoms with Crippen LogP contribution in [-0.4, -0.2) is 16.4 Å². The van der Waals surface area contributed by atoms with E-state index in [1.807, 2.05) is 91.0 Å². The Labute approximate surface area is 264 Å². The van der Waals surface area contributed by atoms with Gasteiger partial charge in [0, 0.05) is 21.9 Å². The van der Waals surface area contributed by atoms with Gasteiger partial charge in [-0.15, -0.1) is 0 Å². The molecule has 0 saturated heterocycles. The number of carbonyl (C=O) groups is 2. The second-order valence-corrected chi connectivity index (χ2v) is 11.1. The minimum Gasteiger partial charge on any atom is -0.307 e. The van der Waals surface area contributed by atoms with Gasteiger partial charge in [-0.25, -0.2) is 4.90 Å². The molecule has 1 aliphatic rings. The third kappa shape index (κ3) is 3.95. The van der Waals surface area contributed by atoms with Crippen molar-refractivity contribution in [2.24, 2.45) is 0 Å². The van der Waals surface area contributed by atoms with Crippen molar-refractivity contribution in [2.75, 3.05) is 4.90 Å². The number of amides is 2. The Morgan fingerprint density at radius 2 is 1.02 bits per heavy atom. The maximum absolute atomic E-state index is 14.3. The standard InChI is InChI=1S/C40H22N4O2/c41-23-25-9-4-11-27(21-25)30-15-6-17-32-33-18-7-16-31(28-12-5-10-26(22-28)24-42)38(33)44(37(30)32)35-20-8-19-34-36(35)40(46)43(39(34)45)29-13-2-1-3-14-29/h1-22H. The fraction of sp³-hybridized carbons (Fsp3) is 0. The zero-order valence-electron chi connectivity index (χ0n) is 24.3. The lowest BCUT2D eigenvalue weighted by molar-refractivity contribution is 0.0926. The highest BCUT2D eigenvalue weighted by Gasteiger charge is 2.39. The van der Waals surface area contributed by atoms with E-state index in [2.05, 4.69) is 16.7 Å². The summed E-state index contributed by atoms with van der Waals surface area (Å²) < 4.78 is 2.08. The molecule has 0 bridgehead atoms. The van der Waals surface area contributed by atoms with E-state index in [0.717, 1.165) is 44.1 Å². The Morgan fingerprint density at radius 3 is 1.59 bits per heavy atom.